The van der Waals surface area contributed by atoms with Crippen LogP contribution in [-0.2, 0) is 15.8 Å². The molecule has 0 unspecified atom stereocenters. The third-order valence-electron chi connectivity index (χ3n) is 6.20. The molecule has 2 fully saturated rings. The molecule has 1 N–H and O–H groups in total. The number of hydrogen-bond acceptors (Lipinski definition) is 5. The van der Waals surface area contributed by atoms with Crippen LogP contribution in [0, 0.1) is 5.92 Å². The Kier molecular flexibility index (Phi) is 6.58. The maximum absolute atomic E-state index is 13.3. The van der Waals surface area contributed by atoms with Gasteiger partial charge in [0, 0.05) is 32.1 Å². The van der Waals surface area contributed by atoms with E-state index < -0.39 is 23.6 Å². The molecule has 0 aromatic heterocycles. The van der Waals surface area contributed by atoms with E-state index in [0.29, 0.717) is 36.0 Å². The predicted molar refractivity (Wildman–Crippen MR) is 122 cm³/mol. The number of rotatable bonds is 6. The van der Waals surface area contributed by atoms with E-state index in [2.05, 4.69) is 5.32 Å². The Hall–Kier alpha value is -3.43. The zero-order valence-electron chi connectivity index (χ0n) is 18.9. The number of benzene rings is 2. The summed E-state index contributed by atoms with van der Waals surface area (Å²) in [4.78, 5) is 29.2. The lowest BCUT2D eigenvalue weighted by Gasteiger charge is -2.24. The maximum atomic E-state index is 13.3. The molecule has 0 saturated carbocycles. The standard InChI is InChI=1S/C24H26F3N3O4/c1-33-17-6-8-20(21(13-17)34-2)30-14-15(11-22(30)31)23(32)28-18-12-16(24(25,26)27)5-7-19(18)29-9-3-4-10-29/h5-8,12-13,15H,3-4,9-11,14H2,1-2H3,(H,28,32)/t15-/m1/s1. The van der Waals surface area contributed by atoms with Crippen molar-refractivity contribution in [2.24, 2.45) is 5.92 Å². The molecular formula is C24H26F3N3O4. The zero-order chi connectivity index (χ0) is 24.5. The monoisotopic (exact) mass is 477 g/mol. The van der Waals surface area contributed by atoms with Gasteiger partial charge in [0.05, 0.1) is 42.8 Å². The van der Waals surface area contributed by atoms with Crippen LogP contribution in [0.4, 0.5) is 30.2 Å². The Morgan fingerprint density at radius 3 is 2.38 bits per heavy atom. The molecule has 182 valence electrons. The van der Waals surface area contributed by atoms with Crippen molar-refractivity contribution in [2.45, 2.75) is 25.4 Å². The van der Waals surface area contributed by atoms with Gasteiger partial charge in [-0.2, -0.15) is 13.2 Å². The largest absolute Gasteiger partial charge is 0.497 e. The molecule has 2 aromatic carbocycles. The van der Waals surface area contributed by atoms with Gasteiger partial charge in [-0.05, 0) is 43.2 Å². The van der Waals surface area contributed by atoms with Crippen LogP contribution in [0.2, 0.25) is 0 Å². The van der Waals surface area contributed by atoms with Gasteiger partial charge in [-0.3, -0.25) is 9.59 Å². The maximum Gasteiger partial charge on any atom is 0.416 e. The van der Waals surface area contributed by atoms with Crippen LogP contribution in [0.5, 0.6) is 11.5 Å². The molecule has 0 spiro atoms. The van der Waals surface area contributed by atoms with Gasteiger partial charge in [-0.1, -0.05) is 0 Å². The number of alkyl halides is 3. The van der Waals surface area contributed by atoms with Gasteiger partial charge in [-0.25, -0.2) is 0 Å². The number of hydrogen-bond donors (Lipinski definition) is 1. The van der Waals surface area contributed by atoms with E-state index in [1.54, 1.807) is 18.2 Å². The first kappa shape index (κ1) is 23.7. The highest BCUT2D eigenvalue weighted by Crippen LogP contribution is 2.38. The molecule has 4 rings (SSSR count). The summed E-state index contributed by atoms with van der Waals surface area (Å²) in [7, 11) is 2.98. The molecule has 2 aliphatic heterocycles. The number of carbonyl (C=O) groups excluding carboxylic acids is 2. The number of ether oxygens (including phenoxy) is 2. The summed E-state index contributed by atoms with van der Waals surface area (Å²) in [5.41, 5.74) is 0.324. The molecule has 10 heteroatoms. The Morgan fingerprint density at radius 1 is 1.03 bits per heavy atom. The minimum atomic E-state index is -4.53. The van der Waals surface area contributed by atoms with E-state index in [4.69, 9.17) is 9.47 Å². The summed E-state index contributed by atoms with van der Waals surface area (Å²) in [6.45, 7) is 1.51. The Bertz CT molecular complexity index is 1080. The van der Waals surface area contributed by atoms with Crippen molar-refractivity contribution in [2.75, 3.05) is 49.0 Å². The van der Waals surface area contributed by atoms with E-state index >= 15 is 0 Å². The fraction of sp³-hybridized carbons (Fsp3) is 0.417. The molecule has 2 aromatic rings. The van der Waals surface area contributed by atoms with Gasteiger partial charge >= 0.3 is 6.18 Å². The summed E-state index contributed by atoms with van der Waals surface area (Å²) < 4.78 is 50.6. The highest BCUT2D eigenvalue weighted by Gasteiger charge is 2.37. The molecule has 2 saturated heterocycles. The molecule has 34 heavy (non-hydrogen) atoms. The van der Waals surface area contributed by atoms with Gasteiger partial charge in [0.2, 0.25) is 11.8 Å². The Morgan fingerprint density at radius 2 is 1.74 bits per heavy atom. The summed E-state index contributed by atoms with van der Waals surface area (Å²) >= 11 is 0. The quantitative estimate of drug-likeness (QED) is 0.671. The average Bonchev–Trinajstić information content (AvgIpc) is 3.48. The zero-order valence-corrected chi connectivity index (χ0v) is 18.9. The molecule has 7 nitrogen and oxygen atoms in total. The highest BCUT2D eigenvalue weighted by molar-refractivity contribution is 6.05. The van der Waals surface area contributed by atoms with Crippen molar-refractivity contribution < 1.29 is 32.2 Å². The summed E-state index contributed by atoms with van der Waals surface area (Å²) in [5.74, 6) is -0.515. The molecule has 2 aliphatic rings. The fourth-order valence-corrected chi connectivity index (χ4v) is 4.41. The molecule has 2 heterocycles. The SMILES string of the molecule is COc1ccc(N2C[C@H](C(=O)Nc3cc(C(F)(F)F)ccc3N3CCCC3)CC2=O)c(OC)c1. The average molecular weight is 477 g/mol. The van der Waals surface area contributed by atoms with Gasteiger partial charge < -0.3 is 24.6 Å². The molecule has 2 amide bonds. The Balaban J connectivity index is 1.56. The van der Waals surface area contributed by atoms with E-state index in [1.807, 2.05) is 4.90 Å². The van der Waals surface area contributed by atoms with Crippen LogP contribution in [0.1, 0.15) is 24.8 Å². The first-order valence-electron chi connectivity index (χ1n) is 11.0. The normalized spacial score (nSPS) is 18.4. The van der Waals surface area contributed by atoms with Gasteiger partial charge in [-0.15, -0.1) is 0 Å². The summed E-state index contributed by atoms with van der Waals surface area (Å²) in [6.07, 6.45) is -2.72. The van der Waals surface area contributed by atoms with Crippen molar-refractivity contribution in [3.63, 3.8) is 0 Å². The summed E-state index contributed by atoms with van der Waals surface area (Å²) in [6, 6.07) is 8.39. The number of anilines is 3. The van der Waals surface area contributed by atoms with Crippen molar-refractivity contribution in [1.82, 2.24) is 0 Å². The minimum absolute atomic E-state index is 0.0565. The van der Waals surface area contributed by atoms with Crippen molar-refractivity contribution >= 4 is 28.9 Å². The third kappa shape index (κ3) is 4.76. The molecule has 0 bridgehead atoms. The number of nitrogens with one attached hydrogen (secondary N) is 1. The smallest absolute Gasteiger partial charge is 0.416 e. The first-order chi connectivity index (χ1) is 16.2. The molecule has 1 atom stereocenters. The Labute approximate surface area is 195 Å². The van der Waals surface area contributed by atoms with E-state index in [9.17, 15) is 22.8 Å². The number of methoxy groups -OCH3 is 2. The van der Waals surface area contributed by atoms with E-state index in [-0.39, 0.29) is 24.6 Å². The highest BCUT2D eigenvalue weighted by atomic mass is 19.4. The second-order valence-corrected chi connectivity index (χ2v) is 8.36. The third-order valence-corrected chi connectivity index (χ3v) is 6.20. The topological polar surface area (TPSA) is 71.1 Å². The molecule has 0 radical (unpaired) electrons. The lowest BCUT2D eigenvalue weighted by molar-refractivity contribution is -0.137. The van der Waals surface area contributed by atoms with Gasteiger partial charge in [0.1, 0.15) is 11.5 Å². The lowest BCUT2D eigenvalue weighted by atomic mass is 10.1. The number of amides is 2. The van der Waals surface area contributed by atoms with Crippen molar-refractivity contribution in [1.29, 1.82) is 0 Å². The first-order valence-corrected chi connectivity index (χ1v) is 11.0. The van der Waals surface area contributed by atoms with Crippen LogP contribution >= 0.6 is 0 Å². The number of halogens is 3. The fourth-order valence-electron chi connectivity index (χ4n) is 4.41. The van der Waals surface area contributed by atoms with Crippen LogP contribution in [0.25, 0.3) is 0 Å². The second-order valence-electron chi connectivity index (χ2n) is 8.36. The van der Waals surface area contributed by atoms with Crippen LogP contribution < -0.4 is 24.6 Å². The number of carbonyl (C=O) groups is 2. The van der Waals surface area contributed by atoms with Crippen LogP contribution in [0.15, 0.2) is 36.4 Å². The van der Waals surface area contributed by atoms with E-state index in [1.165, 1.54) is 25.2 Å². The van der Waals surface area contributed by atoms with Gasteiger partial charge in [0.15, 0.2) is 0 Å². The molecular weight excluding hydrogens is 451 g/mol. The van der Waals surface area contributed by atoms with Crippen LogP contribution in [0.3, 0.4) is 0 Å². The summed E-state index contributed by atoms with van der Waals surface area (Å²) in [5, 5.41) is 2.67. The van der Waals surface area contributed by atoms with Gasteiger partial charge in [0.25, 0.3) is 0 Å². The van der Waals surface area contributed by atoms with Crippen LogP contribution in [-0.4, -0.2) is 45.7 Å². The predicted octanol–water partition coefficient (Wildman–Crippen LogP) is 4.31. The number of nitrogens with zero attached hydrogens (tertiary/aromatic N) is 2. The van der Waals surface area contributed by atoms with E-state index in [0.717, 1.165) is 25.0 Å². The van der Waals surface area contributed by atoms with Crippen molar-refractivity contribution in [3.8, 4) is 11.5 Å². The van der Waals surface area contributed by atoms with Crippen molar-refractivity contribution in [3.05, 3.63) is 42.0 Å². The minimum Gasteiger partial charge on any atom is -0.497 e. The second kappa shape index (κ2) is 9.44. The molecule has 0 aliphatic carbocycles. The lowest BCUT2D eigenvalue weighted by Crippen LogP contribution is -2.29.